The van der Waals surface area contributed by atoms with Gasteiger partial charge in [0.1, 0.15) is 42.8 Å². The predicted octanol–water partition coefficient (Wildman–Crippen LogP) is 19.6. The summed E-state index contributed by atoms with van der Waals surface area (Å²) in [4.78, 5) is 65.2. The molecule has 17 nitrogen and oxygen atoms in total. The molecule has 540 valence electrons. The van der Waals surface area contributed by atoms with Crippen LogP contribution in [0.15, 0.2) is 355 Å². The number of nitrogens with zero attached hydrogens (tertiary/aromatic N) is 17. The number of hydrogen-bond acceptors (Lipinski definition) is 17. The molecule has 0 N–H and O–H groups in total. The van der Waals surface area contributed by atoms with Crippen LogP contribution in [0.5, 0.6) is 0 Å². The second kappa shape index (κ2) is 64.5. The highest BCUT2D eigenvalue weighted by atomic mass is 15.0. The van der Waals surface area contributed by atoms with Crippen LogP contribution in [0.25, 0.3) is 0 Å². The van der Waals surface area contributed by atoms with Crippen molar-refractivity contribution in [1.82, 2.24) is 84.7 Å². The van der Waals surface area contributed by atoms with Gasteiger partial charge < -0.3 is 0 Å². The molecule has 15 rings (SSSR count). The van der Waals surface area contributed by atoms with Gasteiger partial charge in [-0.1, -0.05) is 168 Å². The quantitative estimate of drug-likeness (QED) is 0.138. The smallest absolute Gasteiger partial charge is 0.128 e. The number of aromatic nitrogens is 17. The van der Waals surface area contributed by atoms with Crippen LogP contribution in [-0.2, 0) is 0 Å². The average Bonchev–Trinajstić information content (AvgIpc) is 3.69. The highest BCUT2D eigenvalue weighted by Gasteiger charge is 1.82. The first kappa shape index (κ1) is 90.1. The summed E-state index contributed by atoms with van der Waals surface area (Å²) in [5, 5.41) is 0. The van der Waals surface area contributed by atoms with Gasteiger partial charge in [0.15, 0.2) is 0 Å². The lowest BCUT2D eigenvalue weighted by atomic mass is 10.2. The summed E-state index contributed by atoms with van der Waals surface area (Å²) in [6.07, 6.45) is 36.1. The Morgan fingerprint density at radius 1 is 0.143 bits per heavy atom. The molecule has 0 aliphatic carbocycles. The first-order valence-corrected chi connectivity index (χ1v) is 33.7. The maximum absolute atomic E-state index is 3.98. The molecule has 105 heavy (non-hydrogen) atoms. The molecule has 0 fully saturated rings. The fraction of sp³-hybridized carbons (Fsp3) is 0.170. The van der Waals surface area contributed by atoms with Crippen molar-refractivity contribution < 1.29 is 0 Å². The van der Waals surface area contributed by atoms with Gasteiger partial charge in [0.05, 0.1) is 0 Å². The average molecular weight is 1400 g/mol. The Morgan fingerprint density at radius 2 is 0.419 bits per heavy atom. The summed E-state index contributed by atoms with van der Waals surface area (Å²) >= 11 is 0. The van der Waals surface area contributed by atoms with Gasteiger partial charge >= 0.3 is 0 Å². The van der Waals surface area contributed by atoms with Crippen LogP contribution in [0.3, 0.4) is 0 Å². The molecule has 0 saturated carbocycles. The van der Waals surface area contributed by atoms with Crippen LogP contribution < -0.4 is 0 Å². The third-order valence-corrected chi connectivity index (χ3v) is 12.1. The van der Waals surface area contributed by atoms with E-state index in [1.54, 1.807) is 105 Å². The molecule has 15 aromatic rings. The summed E-state index contributed by atoms with van der Waals surface area (Å²) < 4.78 is 0. The molecule has 0 aliphatic heterocycles. The number of pyridine rings is 6. The Bertz CT molecular complexity index is 3120. The van der Waals surface area contributed by atoms with Gasteiger partial charge in [0.25, 0.3) is 0 Å². The Morgan fingerprint density at radius 3 is 0.571 bits per heavy atom. The zero-order chi connectivity index (χ0) is 76.7. The molecule has 0 saturated heterocycles. The number of hydrogen-bond donors (Lipinski definition) is 0. The van der Waals surface area contributed by atoms with Crippen LogP contribution >= 0.6 is 0 Å². The predicted molar refractivity (Wildman–Crippen MR) is 430 cm³/mol. The number of benzene rings is 4. The molecule has 0 bridgehead atoms. The Hall–Kier alpha value is -12.9. The summed E-state index contributed by atoms with van der Waals surface area (Å²) in [5.74, 6) is 2.40. The van der Waals surface area contributed by atoms with Crippen LogP contribution in [-0.4, -0.2) is 84.7 Å². The lowest BCUT2D eigenvalue weighted by molar-refractivity contribution is 0.974. The molecular formula is C88H103N17. The fourth-order valence-electron chi connectivity index (χ4n) is 6.56. The Kier molecular flexibility index (Phi) is 55.3. The molecule has 0 aliphatic rings. The van der Waals surface area contributed by atoms with Gasteiger partial charge in [0.2, 0.25) is 0 Å². The first-order chi connectivity index (χ1) is 50.9. The Labute approximate surface area is 625 Å². The van der Waals surface area contributed by atoms with Crippen molar-refractivity contribution in [2.75, 3.05) is 0 Å². The molecule has 0 atom stereocenters. The SMILES string of the molecule is Cc1ccccc1.Cc1ccccc1.Cc1ccccc1.Cc1ccccc1.Cc1ccccn1.Cc1ccccn1.Cc1cccnc1.Cc1cccnc1.Cc1ccncc1.Cc1ccncc1.Cc1ccncn1.Cc1cncnc1.Cc1ncccn1.Cc1ncccn1.Cc1ncncn1. The van der Waals surface area contributed by atoms with E-state index in [1.807, 2.05) is 252 Å². The zero-order valence-corrected chi connectivity index (χ0v) is 63.6. The van der Waals surface area contributed by atoms with Crippen molar-refractivity contribution in [3.8, 4) is 0 Å². The zero-order valence-electron chi connectivity index (χ0n) is 63.6. The van der Waals surface area contributed by atoms with E-state index in [-0.39, 0.29) is 0 Å². The second-order valence-corrected chi connectivity index (χ2v) is 22.2. The lowest BCUT2D eigenvalue weighted by Crippen LogP contribution is -1.84. The normalized spacial score (nSPS) is 8.71. The van der Waals surface area contributed by atoms with E-state index in [1.165, 1.54) is 69.8 Å². The minimum absolute atomic E-state index is 0.759. The van der Waals surface area contributed by atoms with Gasteiger partial charge in [-0.25, -0.2) is 54.8 Å². The lowest BCUT2D eigenvalue weighted by Gasteiger charge is -1.82. The molecular weight excluding hydrogens is 1300 g/mol. The highest BCUT2D eigenvalue weighted by Crippen LogP contribution is 1.97. The molecule has 11 aromatic heterocycles. The van der Waals surface area contributed by atoms with Crippen molar-refractivity contribution in [2.45, 2.75) is 104 Å². The molecule has 0 spiro atoms. The third-order valence-electron chi connectivity index (χ3n) is 12.1. The summed E-state index contributed by atoms with van der Waals surface area (Å²) in [6, 6.07) is 74.0. The van der Waals surface area contributed by atoms with Crippen LogP contribution in [0, 0.1) is 104 Å². The van der Waals surface area contributed by atoms with E-state index in [0.29, 0.717) is 0 Å². The summed E-state index contributed by atoms with van der Waals surface area (Å²) in [5.41, 5.74) is 14.5. The Balaban J connectivity index is 0.000000562. The summed E-state index contributed by atoms with van der Waals surface area (Å²) in [6.45, 7) is 29.8. The van der Waals surface area contributed by atoms with Gasteiger partial charge in [-0.15, -0.1) is 0 Å². The van der Waals surface area contributed by atoms with Crippen molar-refractivity contribution >= 4 is 0 Å². The van der Waals surface area contributed by atoms with E-state index >= 15 is 0 Å². The fourth-order valence-corrected chi connectivity index (χ4v) is 6.56. The van der Waals surface area contributed by atoms with Crippen LogP contribution in [0.1, 0.15) is 84.6 Å². The summed E-state index contributed by atoms with van der Waals surface area (Å²) in [7, 11) is 0. The monoisotopic (exact) mass is 1400 g/mol. The van der Waals surface area contributed by atoms with Crippen molar-refractivity contribution in [1.29, 1.82) is 0 Å². The van der Waals surface area contributed by atoms with Gasteiger partial charge in [-0.2, -0.15) is 0 Å². The standard InChI is InChI=1S/4C7H8.6C6H7N.4C5H6N2.C4H5N3/c4*1-7-5-3-2-4-6-7;2*1-6-2-4-7-5-3-6;2*1-6-3-2-4-7-5-6;2*1-6-4-2-3-5-7-6;1-5-2-6-4-7-3-5;1-5-2-3-6-4-7-5;2*1-5-6-3-2-4-7-5;1-4-6-2-5-3-7-4/h4*2-6H,1H3;6*2-5H,1H3;4*2-4H,1H3;2-3H,1H3. The minimum Gasteiger partial charge on any atom is -0.265 e. The van der Waals surface area contributed by atoms with E-state index in [9.17, 15) is 0 Å². The third kappa shape index (κ3) is 63.1. The van der Waals surface area contributed by atoms with E-state index in [0.717, 1.165) is 40.1 Å². The topological polar surface area (TPSA) is 219 Å². The van der Waals surface area contributed by atoms with E-state index < -0.39 is 0 Å². The minimum atomic E-state index is 0.759. The molecule has 0 radical (unpaired) electrons. The largest absolute Gasteiger partial charge is 0.265 e. The molecule has 0 unspecified atom stereocenters. The van der Waals surface area contributed by atoms with Crippen LogP contribution in [0.4, 0.5) is 0 Å². The van der Waals surface area contributed by atoms with Crippen molar-refractivity contribution in [2.24, 2.45) is 0 Å². The van der Waals surface area contributed by atoms with Gasteiger partial charge in [-0.3, -0.25) is 29.9 Å². The maximum atomic E-state index is 3.98. The second-order valence-electron chi connectivity index (χ2n) is 22.2. The van der Waals surface area contributed by atoms with Crippen molar-refractivity contribution in [3.05, 3.63) is 440 Å². The molecule has 11 heterocycles. The molecule has 17 heteroatoms. The molecule has 4 aromatic carbocycles. The van der Waals surface area contributed by atoms with E-state index in [4.69, 9.17) is 0 Å². The number of rotatable bonds is 0. The highest BCUT2D eigenvalue weighted by molar-refractivity contribution is 5.15. The first-order valence-electron chi connectivity index (χ1n) is 33.7. The number of aryl methyl sites for hydroxylation is 15. The van der Waals surface area contributed by atoms with Crippen LogP contribution in [0.2, 0.25) is 0 Å². The van der Waals surface area contributed by atoms with Gasteiger partial charge in [-0.05, 0) is 211 Å². The van der Waals surface area contributed by atoms with Gasteiger partial charge in [0, 0.05) is 122 Å². The maximum Gasteiger partial charge on any atom is 0.128 e. The van der Waals surface area contributed by atoms with Crippen molar-refractivity contribution in [3.63, 3.8) is 0 Å². The molecule has 0 amide bonds. The van der Waals surface area contributed by atoms with E-state index in [2.05, 4.69) is 161 Å².